The molecule has 0 aromatic heterocycles. The molecule has 0 aromatic carbocycles. The Kier molecular flexibility index (Phi) is 2.63. The smallest absolute Gasteiger partial charge is 0.141 e. The molecular formula is C3H3NO. The van der Waals surface area contributed by atoms with E-state index in [1.54, 1.807) is 0 Å². The van der Waals surface area contributed by atoms with Gasteiger partial charge in [0.1, 0.15) is 6.54 Å². The lowest BCUT2D eigenvalue weighted by Gasteiger charge is -1.55. The summed E-state index contributed by atoms with van der Waals surface area (Å²) in [6.07, 6.45) is 4.60. The van der Waals surface area contributed by atoms with Crippen LogP contribution < -0.4 is 0 Å². The number of hydrogen-bond acceptors (Lipinski definition) is 2. The monoisotopic (exact) mass is 69.0 g/mol. The van der Waals surface area contributed by atoms with E-state index < -0.39 is 0 Å². The summed E-state index contributed by atoms with van der Waals surface area (Å²) in [4.78, 5) is 9.01. The van der Waals surface area contributed by atoms with Crippen LogP contribution >= 0.6 is 0 Å². The standard InChI is InChI=1S/C3H3NO/c1-2-3-4-5/h1H,3H2. The average Bonchev–Trinajstić information content (AvgIpc) is 1.41. The number of terminal acetylenes is 1. The molecule has 0 atom stereocenters. The molecule has 0 unspecified atom stereocenters. The van der Waals surface area contributed by atoms with Crippen LogP contribution in [0.4, 0.5) is 0 Å². The fourth-order valence-electron chi connectivity index (χ4n) is 0.0373. The van der Waals surface area contributed by atoms with Crippen molar-refractivity contribution in [2.24, 2.45) is 5.18 Å². The fraction of sp³-hybridized carbons (Fsp3) is 0.333. The first-order valence-electron chi connectivity index (χ1n) is 1.14. The molecule has 0 heterocycles. The third-order valence-electron chi connectivity index (χ3n) is 0.156. The molecule has 0 fully saturated rings. The molecule has 0 aromatic rings. The van der Waals surface area contributed by atoms with Crippen LogP contribution in [0, 0.1) is 17.3 Å². The minimum absolute atomic E-state index is 0.0139. The van der Waals surface area contributed by atoms with Gasteiger partial charge < -0.3 is 0 Å². The van der Waals surface area contributed by atoms with Gasteiger partial charge in [-0.05, 0) is 0 Å². The molecule has 0 saturated carbocycles. The molecule has 0 aliphatic rings. The van der Waals surface area contributed by atoms with Crippen LogP contribution in [0.2, 0.25) is 0 Å². The molecule has 5 heavy (non-hydrogen) atoms. The van der Waals surface area contributed by atoms with Crippen molar-refractivity contribution in [3.05, 3.63) is 4.91 Å². The van der Waals surface area contributed by atoms with Crippen LogP contribution in [0.3, 0.4) is 0 Å². The first-order valence-corrected chi connectivity index (χ1v) is 1.14. The number of hydrogen-bond donors (Lipinski definition) is 0. The highest BCUT2D eigenvalue weighted by atomic mass is 16.3. The quantitative estimate of drug-likeness (QED) is 0.323. The Hall–Kier alpha value is -0.840. The molecule has 2 nitrogen and oxygen atoms in total. The normalized spacial score (nSPS) is 5.40. The molecule has 0 amide bonds. The van der Waals surface area contributed by atoms with Crippen molar-refractivity contribution in [1.29, 1.82) is 0 Å². The van der Waals surface area contributed by atoms with Gasteiger partial charge in [-0.25, -0.2) is 0 Å². The lowest BCUT2D eigenvalue weighted by molar-refractivity contribution is 1.27. The molecule has 0 aliphatic heterocycles. The highest BCUT2D eigenvalue weighted by Gasteiger charge is 1.58. The van der Waals surface area contributed by atoms with Gasteiger partial charge in [0.05, 0.1) is 0 Å². The van der Waals surface area contributed by atoms with E-state index in [-0.39, 0.29) is 6.54 Å². The van der Waals surface area contributed by atoms with Crippen LogP contribution in [-0.2, 0) is 0 Å². The Balaban J connectivity index is 2.75. The van der Waals surface area contributed by atoms with Gasteiger partial charge in [-0.2, -0.15) is 0 Å². The number of nitroso groups, excluding NO2 is 1. The topological polar surface area (TPSA) is 29.4 Å². The largest absolute Gasteiger partial charge is 0.150 e. The van der Waals surface area contributed by atoms with E-state index in [2.05, 4.69) is 11.6 Å². The lowest BCUT2D eigenvalue weighted by atomic mass is 10.7. The second-order valence-electron chi connectivity index (χ2n) is 0.491. The first-order chi connectivity index (χ1) is 2.41. The first kappa shape index (κ1) is 4.16. The highest BCUT2D eigenvalue weighted by molar-refractivity contribution is 4.85. The molecular weight excluding hydrogens is 66.0 g/mol. The van der Waals surface area contributed by atoms with Crippen LogP contribution in [-0.4, -0.2) is 6.54 Å². The van der Waals surface area contributed by atoms with Gasteiger partial charge in [0.2, 0.25) is 0 Å². The third kappa shape index (κ3) is 3.16. The maximum atomic E-state index is 9.01. The van der Waals surface area contributed by atoms with Crippen LogP contribution in [0.1, 0.15) is 0 Å². The molecule has 26 valence electrons. The van der Waals surface area contributed by atoms with Gasteiger partial charge in [-0.3, -0.25) is 0 Å². The Labute approximate surface area is 30.2 Å². The molecule has 0 N–H and O–H groups in total. The third-order valence-corrected chi connectivity index (χ3v) is 0.156. The molecule has 2 heteroatoms. The summed E-state index contributed by atoms with van der Waals surface area (Å²) in [5.74, 6) is 2.04. The van der Waals surface area contributed by atoms with Crippen molar-refractivity contribution in [3.8, 4) is 12.3 Å². The van der Waals surface area contributed by atoms with Crippen LogP contribution in [0.5, 0.6) is 0 Å². The second kappa shape index (κ2) is 3.16. The SMILES string of the molecule is C#CCN=O. The van der Waals surface area contributed by atoms with E-state index in [4.69, 9.17) is 4.91 Å². The van der Waals surface area contributed by atoms with E-state index >= 15 is 0 Å². The van der Waals surface area contributed by atoms with Crippen LogP contribution in [0.15, 0.2) is 5.18 Å². The summed E-state index contributed by atoms with van der Waals surface area (Å²) in [5, 5.41) is 2.37. The Bertz CT molecular complexity index is 61.8. The van der Waals surface area contributed by atoms with E-state index in [1.165, 1.54) is 0 Å². The van der Waals surface area contributed by atoms with Crippen molar-refractivity contribution in [2.45, 2.75) is 0 Å². The van der Waals surface area contributed by atoms with Gasteiger partial charge in [0.15, 0.2) is 0 Å². The Morgan fingerprint density at radius 3 is 2.60 bits per heavy atom. The summed E-state index contributed by atoms with van der Waals surface area (Å²) in [7, 11) is 0. The van der Waals surface area contributed by atoms with E-state index in [9.17, 15) is 0 Å². The van der Waals surface area contributed by atoms with Crippen molar-refractivity contribution in [1.82, 2.24) is 0 Å². The van der Waals surface area contributed by atoms with Crippen molar-refractivity contribution in [2.75, 3.05) is 6.54 Å². The van der Waals surface area contributed by atoms with E-state index in [0.29, 0.717) is 0 Å². The highest BCUT2D eigenvalue weighted by Crippen LogP contribution is 1.54. The minimum atomic E-state index is -0.0139. The molecule has 0 aliphatic carbocycles. The van der Waals surface area contributed by atoms with Gasteiger partial charge >= 0.3 is 0 Å². The number of rotatable bonds is 1. The van der Waals surface area contributed by atoms with Gasteiger partial charge in [-0.15, -0.1) is 11.3 Å². The van der Waals surface area contributed by atoms with Crippen molar-refractivity contribution >= 4 is 0 Å². The fourth-order valence-corrected chi connectivity index (χ4v) is 0.0373. The molecule has 0 saturated heterocycles. The van der Waals surface area contributed by atoms with E-state index in [0.717, 1.165) is 0 Å². The second-order valence-corrected chi connectivity index (χ2v) is 0.491. The summed E-state index contributed by atoms with van der Waals surface area (Å²) in [6, 6.07) is 0. The Morgan fingerprint density at radius 2 is 2.60 bits per heavy atom. The number of nitrogens with zero attached hydrogens (tertiary/aromatic N) is 1. The van der Waals surface area contributed by atoms with Crippen molar-refractivity contribution in [3.63, 3.8) is 0 Å². The van der Waals surface area contributed by atoms with Gasteiger partial charge in [-0.1, -0.05) is 11.1 Å². The van der Waals surface area contributed by atoms with E-state index in [1.807, 2.05) is 5.92 Å². The Morgan fingerprint density at radius 1 is 2.00 bits per heavy atom. The summed E-state index contributed by atoms with van der Waals surface area (Å²) in [6.45, 7) is -0.0139. The average molecular weight is 69.1 g/mol. The predicted molar refractivity (Wildman–Crippen MR) is 19.5 cm³/mol. The zero-order valence-corrected chi connectivity index (χ0v) is 2.64. The minimum Gasteiger partial charge on any atom is -0.150 e. The predicted octanol–water partition coefficient (Wildman–Crippen LogP) is 0.386. The maximum Gasteiger partial charge on any atom is 0.141 e. The molecule has 0 radical (unpaired) electrons. The molecule has 0 bridgehead atoms. The zero-order valence-electron chi connectivity index (χ0n) is 2.64. The van der Waals surface area contributed by atoms with Gasteiger partial charge in [0, 0.05) is 0 Å². The summed E-state index contributed by atoms with van der Waals surface area (Å²) in [5.41, 5.74) is 0. The van der Waals surface area contributed by atoms with Crippen molar-refractivity contribution < 1.29 is 0 Å². The summed E-state index contributed by atoms with van der Waals surface area (Å²) >= 11 is 0. The summed E-state index contributed by atoms with van der Waals surface area (Å²) < 4.78 is 0. The molecule has 0 rings (SSSR count). The lowest BCUT2D eigenvalue weighted by Crippen LogP contribution is -1.60. The zero-order chi connectivity index (χ0) is 4.12. The van der Waals surface area contributed by atoms with Crippen LogP contribution in [0.25, 0.3) is 0 Å². The maximum absolute atomic E-state index is 9.01. The molecule has 0 spiro atoms. The van der Waals surface area contributed by atoms with Gasteiger partial charge in [0.25, 0.3) is 0 Å².